The van der Waals surface area contributed by atoms with Crippen LogP contribution in [0.4, 0.5) is 0 Å². The lowest BCUT2D eigenvalue weighted by molar-refractivity contribution is 0.101. The number of thiophene rings is 2. The molecule has 4 aromatic heterocycles. The minimum absolute atomic E-state index is 0.0656. The van der Waals surface area contributed by atoms with Crippen LogP contribution in [0.5, 0.6) is 0 Å². The number of carbonyl (C=O) groups excluding carboxylic acids is 2. The lowest BCUT2D eigenvalue weighted by Crippen LogP contribution is -2.22. The molecule has 0 aromatic carbocycles. The molecule has 31 heavy (non-hydrogen) atoms. The number of hydrogen-bond donors (Lipinski definition) is 1. The molecule has 0 aliphatic rings. The molecule has 0 radical (unpaired) electrons. The molecule has 0 atom stereocenters. The van der Waals surface area contributed by atoms with Crippen molar-refractivity contribution in [2.75, 3.05) is 5.75 Å². The Bertz CT molecular complexity index is 1360. The third-order valence-electron chi connectivity index (χ3n) is 5.16. The molecule has 0 bridgehead atoms. The topological polar surface area (TPSA) is 84.8 Å². The van der Waals surface area contributed by atoms with Crippen molar-refractivity contribution in [3.8, 4) is 10.4 Å². The molecule has 0 saturated carbocycles. The first kappa shape index (κ1) is 21.7. The number of nitrogens with one attached hydrogen (secondary N) is 1. The van der Waals surface area contributed by atoms with Gasteiger partial charge in [-0.1, -0.05) is 17.8 Å². The van der Waals surface area contributed by atoms with Gasteiger partial charge >= 0.3 is 0 Å². The molecule has 0 spiro atoms. The van der Waals surface area contributed by atoms with E-state index < -0.39 is 0 Å². The Kier molecular flexibility index (Phi) is 6.00. The zero-order valence-corrected chi connectivity index (χ0v) is 20.0. The van der Waals surface area contributed by atoms with Gasteiger partial charge in [-0.2, -0.15) is 0 Å². The second-order valence-corrected chi connectivity index (χ2v) is 9.89. The molecule has 4 aromatic rings. The maximum Gasteiger partial charge on any atom is 0.263 e. The highest BCUT2D eigenvalue weighted by Crippen LogP contribution is 2.34. The maximum absolute atomic E-state index is 13.2. The number of Topliss-reactive ketones (excluding diaryl/α,β-unsaturated/α-hetero) is 2. The first-order valence-electron chi connectivity index (χ1n) is 9.75. The minimum atomic E-state index is -0.124. The quantitative estimate of drug-likeness (QED) is 0.224. The first-order valence-corrected chi connectivity index (χ1v) is 12.5. The summed E-state index contributed by atoms with van der Waals surface area (Å²) in [6.07, 6.45) is 0. The van der Waals surface area contributed by atoms with Gasteiger partial charge in [0.25, 0.3) is 5.56 Å². The normalized spacial score (nSPS) is 11.4. The number of carbonyl (C=O) groups is 2. The van der Waals surface area contributed by atoms with Crippen LogP contribution in [0.2, 0.25) is 0 Å². The van der Waals surface area contributed by atoms with Gasteiger partial charge in [0.05, 0.1) is 16.8 Å². The molecule has 0 aliphatic carbocycles. The van der Waals surface area contributed by atoms with Crippen LogP contribution in [-0.4, -0.2) is 31.9 Å². The second-order valence-electron chi connectivity index (χ2n) is 7.14. The van der Waals surface area contributed by atoms with Crippen molar-refractivity contribution < 1.29 is 9.59 Å². The van der Waals surface area contributed by atoms with Gasteiger partial charge in [-0.25, -0.2) is 4.98 Å². The summed E-state index contributed by atoms with van der Waals surface area (Å²) in [6.45, 7) is 7.43. The summed E-state index contributed by atoms with van der Waals surface area (Å²) < 4.78 is 1.62. The van der Waals surface area contributed by atoms with E-state index in [1.807, 2.05) is 29.8 Å². The van der Waals surface area contributed by atoms with Gasteiger partial charge in [0, 0.05) is 33.6 Å². The minimum Gasteiger partial charge on any atom is -0.355 e. The molecule has 6 nitrogen and oxygen atoms in total. The number of aromatic amines is 1. The summed E-state index contributed by atoms with van der Waals surface area (Å²) in [5, 5.41) is 5.12. The van der Waals surface area contributed by atoms with Gasteiger partial charge in [0.1, 0.15) is 4.83 Å². The van der Waals surface area contributed by atoms with Crippen LogP contribution in [0.1, 0.15) is 46.0 Å². The summed E-state index contributed by atoms with van der Waals surface area (Å²) in [7, 11) is 0. The van der Waals surface area contributed by atoms with Gasteiger partial charge < -0.3 is 4.98 Å². The van der Waals surface area contributed by atoms with Crippen LogP contribution < -0.4 is 5.56 Å². The van der Waals surface area contributed by atoms with E-state index in [-0.39, 0.29) is 22.9 Å². The number of H-pyrrole nitrogens is 1. The van der Waals surface area contributed by atoms with Gasteiger partial charge in [0.15, 0.2) is 16.7 Å². The number of aromatic nitrogens is 3. The molecule has 160 valence electrons. The Hall–Kier alpha value is -2.49. The average molecular weight is 472 g/mol. The maximum atomic E-state index is 13.2. The van der Waals surface area contributed by atoms with Crippen LogP contribution in [-0.2, 0) is 6.54 Å². The SMILES string of the molecule is CCn1c(SCC(=O)c2[nH]c(C)c(C(C)=O)c2C)nc2scc(-c3cccs3)c2c1=O. The van der Waals surface area contributed by atoms with Crippen molar-refractivity contribution in [3.05, 3.63) is 55.8 Å². The van der Waals surface area contributed by atoms with E-state index in [0.29, 0.717) is 44.4 Å². The van der Waals surface area contributed by atoms with Crippen LogP contribution in [0.3, 0.4) is 0 Å². The average Bonchev–Trinajstić information content (AvgIpc) is 3.44. The van der Waals surface area contributed by atoms with E-state index in [1.54, 1.807) is 29.8 Å². The smallest absolute Gasteiger partial charge is 0.263 e. The molecular formula is C22H21N3O3S3. The van der Waals surface area contributed by atoms with Gasteiger partial charge in [-0.15, -0.1) is 22.7 Å². The van der Waals surface area contributed by atoms with Gasteiger partial charge in [0.2, 0.25) is 0 Å². The van der Waals surface area contributed by atoms with E-state index in [0.717, 1.165) is 10.4 Å². The molecule has 0 aliphatic heterocycles. The van der Waals surface area contributed by atoms with Crippen molar-refractivity contribution in [2.45, 2.75) is 39.4 Å². The number of aryl methyl sites for hydroxylation is 1. The lowest BCUT2D eigenvalue weighted by Gasteiger charge is -2.10. The zero-order valence-electron chi connectivity index (χ0n) is 17.6. The third kappa shape index (κ3) is 3.81. The highest BCUT2D eigenvalue weighted by Gasteiger charge is 2.22. The second kappa shape index (κ2) is 8.57. The van der Waals surface area contributed by atoms with E-state index >= 15 is 0 Å². The van der Waals surface area contributed by atoms with E-state index in [2.05, 4.69) is 4.98 Å². The Morgan fingerprint density at radius 1 is 1.26 bits per heavy atom. The Labute approximate surface area is 191 Å². The zero-order chi connectivity index (χ0) is 22.3. The van der Waals surface area contributed by atoms with Gasteiger partial charge in [-0.05, 0) is 44.7 Å². The highest BCUT2D eigenvalue weighted by molar-refractivity contribution is 7.99. The van der Waals surface area contributed by atoms with Crippen LogP contribution in [0, 0.1) is 13.8 Å². The molecule has 1 N–H and O–H groups in total. The van der Waals surface area contributed by atoms with Gasteiger partial charge in [-0.3, -0.25) is 19.0 Å². The standard InChI is InChI=1S/C22H21N3O3S3/c1-5-25-21(28)18-14(16-7-6-8-29-16)9-30-20(18)24-22(25)31-10-15(27)19-11(2)17(13(4)26)12(3)23-19/h6-9,23H,5,10H2,1-4H3. The van der Waals surface area contributed by atoms with Crippen molar-refractivity contribution in [3.63, 3.8) is 0 Å². The fourth-order valence-electron chi connectivity index (χ4n) is 3.77. The first-order chi connectivity index (χ1) is 14.8. The highest BCUT2D eigenvalue weighted by atomic mass is 32.2. The Morgan fingerprint density at radius 2 is 2.03 bits per heavy atom. The van der Waals surface area contributed by atoms with E-state index in [9.17, 15) is 14.4 Å². The number of thioether (sulfide) groups is 1. The molecular weight excluding hydrogens is 450 g/mol. The molecule has 0 fully saturated rings. The fourth-order valence-corrected chi connectivity index (χ4v) is 6.51. The Balaban J connectivity index is 1.67. The summed E-state index contributed by atoms with van der Waals surface area (Å²) in [6, 6.07) is 3.96. The number of ketones is 2. The lowest BCUT2D eigenvalue weighted by atomic mass is 10.1. The fraction of sp³-hybridized carbons (Fsp3) is 0.273. The largest absolute Gasteiger partial charge is 0.355 e. The van der Waals surface area contributed by atoms with Crippen molar-refractivity contribution in [1.29, 1.82) is 0 Å². The monoisotopic (exact) mass is 471 g/mol. The van der Waals surface area contributed by atoms with Crippen molar-refractivity contribution >= 4 is 56.2 Å². The van der Waals surface area contributed by atoms with Crippen molar-refractivity contribution in [2.24, 2.45) is 0 Å². The van der Waals surface area contributed by atoms with Crippen LogP contribution in [0.15, 0.2) is 32.8 Å². The molecule has 4 heterocycles. The number of rotatable bonds is 7. The number of nitrogens with zero attached hydrogens (tertiary/aromatic N) is 2. The predicted molar refractivity (Wildman–Crippen MR) is 128 cm³/mol. The number of hydrogen-bond acceptors (Lipinski definition) is 7. The predicted octanol–water partition coefficient (Wildman–Crippen LogP) is 5.33. The van der Waals surface area contributed by atoms with Crippen molar-refractivity contribution in [1.82, 2.24) is 14.5 Å². The molecule has 0 unspecified atom stereocenters. The summed E-state index contributed by atoms with van der Waals surface area (Å²) in [5.74, 6) is -0.0659. The molecule has 0 saturated heterocycles. The molecule has 0 amide bonds. The van der Waals surface area contributed by atoms with E-state index in [1.165, 1.54) is 30.0 Å². The van der Waals surface area contributed by atoms with Crippen LogP contribution >= 0.6 is 34.4 Å². The summed E-state index contributed by atoms with van der Waals surface area (Å²) in [5.41, 5.74) is 3.21. The number of fused-ring (bicyclic) bond motifs is 1. The molecule has 4 rings (SSSR count). The molecule has 9 heteroatoms. The third-order valence-corrected chi connectivity index (χ3v) is 7.91. The summed E-state index contributed by atoms with van der Waals surface area (Å²) >= 11 is 4.28. The van der Waals surface area contributed by atoms with E-state index in [4.69, 9.17) is 4.98 Å². The Morgan fingerprint density at radius 3 is 2.65 bits per heavy atom. The summed E-state index contributed by atoms with van der Waals surface area (Å²) in [4.78, 5) is 47.4. The van der Waals surface area contributed by atoms with Crippen LogP contribution in [0.25, 0.3) is 20.7 Å².